The molecule has 0 aliphatic heterocycles. The number of rotatable bonds is 4. The van der Waals surface area contributed by atoms with Crippen LogP contribution < -0.4 is 4.52 Å². The van der Waals surface area contributed by atoms with E-state index < -0.39 is 7.82 Å². The van der Waals surface area contributed by atoms with E-state index in [0.717, 1.165) is 5.56 Å². The van der Waals surface area contributed by atoms with Crippen molar-refractivity contribution in [1.82, 2.24) is 0 Å². The summed E-state index contributed by atoms with van der Waals surface area (Å²) in [5.41, 5.74) is 2.02. The first kappa shape index (κ1) is 25.4. The van der Waals surface area contributed by atoms with Crippen molar-refractivity contribution in [1.29, 1.82) is 0 Å². The van der Waals surface area contributed by atoms with Crippen LogP contribution in [0.2, 0.25) is 0 Å². The maximum absolute atomic E-state index is 10.8. The molecule has 0 saturated carbocycles. The summed E-state index contributed by atoms with van der Waals surface area (Å²) in [4.78, 5) is 17.5. The summed E-state index contributed by atoms with van der Waals surface area (Å²) in [5.74, 6) is 0.158. The molecule has 0 amide bonds. The van der Waals surface area contributed by atoms with Crippen LogP contribution in [-0.4, -0.2) is 66.4 Å². The zero-order valence-electron chi connectivity index (χ0n) is 11.4. The third-order valence-electron chi connectivity index (χ3n) is 3.30. The SMILES string of the molecule is CC(C)(c1ccccc1)c1ccc(OP(=O)(O)O)cc1.[LiH].[LiH].[LiH]. The Bertz CT molecular complexity index is 627. The van der Waals surface area contributed by atoms with Crippen molar-refractivity contribution >= 4 is 64.4 Å². The van der Waals surface area contributed by atoms with Crippen molar-refractivity contribution < 1.29 is 18.9 Å². The van der Waals surface area contributed by atoms with Gasteiger partial charge in [0.2, 0.25) is 0 Å². The minimum absolute atomic E-state index is 0. The second-order valence-corrected chi connectivity index (χ2v) is 6.26. The van der Waals surface area contributed by atoms with Crippen LogP contribution in [0.1, 0.15) is 25.0 Å². The van der Waals surface area contributed by atoms with Gasteiger partial charge in [-0.25, -0.2) is 4.57 Å². The Morgan fingerprint density at radius 2 is 1.26 bits per heavy atom. The van der Waals surface area contributed by atoms with Gasteiger partial charge < -0.3 is 4.52 Å². The number of phosphoric ester groups is 1. The van der Waals surface area contributed by atoms with Gasteiger partial charge in [0.1, 0.15) is 5.75 Å². The van der Waals surface area contributed by atoms with Gasteiger partial charge in [-0.05, 0) is 23.3 Å². The monoisotopic (exact) mass is 316 g/mol. The van der Waals surface area contributed by atoms with Crippen LogP contribution in [0.15, 0.2) is 54.6 Å². The second-order valence-electron chi connectivity index (χ2n) is 5.10. The summed E-state index contributed by atoms with van der Waals surface area (Å²) in [7, 11) is -4.50. The second kappa shape index (κ2) is 10.2. The van der Waals surface area contributed by atoms with E-state index in [1.165, 1.54) is 5.56 Å². The first-order valence-electron chi connectivity index (χ1n) is 6.20. The predicted molar refractivity (Wildman–Crippen MR) is 99.1 cm³/mol. The molecule has 2 aromatic rings. The van der Waals surface area contributed by atoms with E-state index in [-0.39, 0.29) is 67.7 Å². The molecule has 0 radical (unpaired) electrons. The molecule has 0 fully saturated rings. The molecule has 0 saturated heterocycles. The average molecular weight is 316 g/mol. The van der Waals surface area contributed by atoms with Gasteiger partial charge in [-0.15, -0.1) is 0 Å². The molecule has 4 nitrogen and oxygen atoms in total. The van der Waals surface area contributed by atoms with Crippen LogP contribution in [-0.2, 0) is 9.98 Å². The summed E-state index contributed by atoms with van der Waals surface area (Å²) in [6.07, 6.45) is 0. The number of hydrogen-bond donors (Lipinski definition) is 2. The zero-order valence-corrected chi connectivity index (χ0v) is 12.2. The summed E-state index contributed by atoms with van der Waals surface area (Å²) < 4.78 is 15.3. The quantitative estimate of drug-likeness (QED) is 0.663. The van der Waals surface area contributed by atoms with Gasteiger partial charge in [-0.2, -0.15) is 0 Å². The van der Waals surface area contributed by atoms with Gasteiger partial charge in [-0.1, -0.05) is 56.3 Å². The van der Waals surface area contributed by atoms with Crippen molar-refractivity contribution in [2.75, 3.05) is 0 Å². The van der Waals surface area contributed by atoms with Crippen LogP contribution in [0.4, 0.5) is 0 Å². The number of hydrogen-bond acceptors (Lipinski definition) is 2. The van der Waals surface area contributed by atoms with E-state index in [2.05, 4.69) is 30.5 Å². The van der Waals surface area contributed by atoms with Crippen molar-refractivity contribution in [3.8, 4) is 5.75 Å². The van der Waals surface area contributed by atoms with Gasteiger partial charge in [0.15, 0.2) is 0 Å². The fourth-order valence-electron chi connectivity index (χ4n) is 2.09. The average Bonchev–Trinajstić information content (AvgIpc) is 2.38. The van der Waals surface area contributed by atoms with E-state index in [4.69, 9.17) is 9.79 Å². The van der Waals surface area contributed by atoms with Crippen molar-refractivity contribution in [2.45, 2.75) is 19.3 Å². The van der Waals surface area contributed by atoms with E-state index in [1.807, 2.05) is 30.3 Å². The van der Waals surface area contributed by atoms with Crippen LogP contribution in [0.5, 0.6) is 5.75 Å². The molecular weight excluding hydrogens is 296 g/mol. The van der Waals surface area contributed by atoms with Gasteiger partial charge in [0.25, 0.3) is 0 Å². The van der Waals surface area contributed by atoms with E-state index in [9.17, 15) is 4.57 Å². The van der Waals surface area contributed by atoms with Gasteiger partial charge in [0.05, 0.1) is 0 Å². The molecule has 2 rings (SSSR count). The molecule has 0 heterocycles. The molecular formula is C15H20Li3O4P. The molecule has 112 valence electrons. The summed E-state index contributed by atoms with van der Waals surface area (Å²) >= 11 is 0. The first-order valence-corrected chi connectivity index (χ1v) is 7.73. The maximum atomic E-state index is 10.8. The van der Waals surface area contributed by atoms with Crippen LogP contribution in [0.3, 0.4) is 0 Å². The van der Waals surface area contributed by atoms with Gasteiger partial charge >= 0.3 is 64.4 Å². The fraction of sp³-hybridized carbons (Fsp3) is 0.200. The van der Waals surface area contributed by atoms with Gasteiger partial charge in [-0.3, -0.25) is 9.79 Å². The molecule has 0 bridgehead atoms. The third kappa shape index (κ3) is 7.30. The molecule has 0 aliphatic rings. The Labute approximate surface area is 173 Å². The number of phosphoric acid groups is 1. The molecule has 0 unspecified atom stereocenters. The van der Waals surface area contributed by atoms with Gasteiger partial charge in [0, 0.05) is 5.41 Å². The van der Waals surface area contributed by atoms with Crippen LogP contribution >= 0.6 is 7.82 Å². The molecule has 23 heavy (non-hydrogen) atoms. The minimum atomic E-state index is -4.50. The Morgan fingerprint density at radius 1 is 0.826 bits per heavy atom. The van der Waals surface area contributed by atoms with Crippen molar-refractivity contribution in [3.05, 3.63) is 65.7 Å². The standard InChI is InChI=1S/C15H17O4P.3Li.3H/c1-15(2,12-6-4-3-5-7-12)13-8-10-14(11-9-13)19-20(16,17)18;;;;;;/h3-11H,1-2H3,(H2,16,17,18);;;;;;. The third-order valence-corrected chi connectivity index (χ3v) is 3.74. The Balaban J connectivity index is 0. The molecule has 0 aromatic heterocycles. The predicted octanol–water partition coefficient (Wildman–Crippen LogP) is 1.54. The fourth-order valence-corrected chi connectivity index (χ4v) is 2.49. The van der Waals surface area contributed by atoms with E-state index in [0.29, 0.717) is 0 Å². The summed E-state index contributed by atoms with van der Waals surface area (Å²) in [6, 6.07) is 16.8. The molecule has 0 atom stereocenters. The number of benzene rings is 2. The van der Waals surface area contributed by atoms with Crippen LogP contribution in [0, 0.1) is 0 Å². The summed E-state index contributed by atoms with van der Waals surface area (Å²) in [6.45, 7) is 4.20. The zero-order chi connectivity index (χ0) is 14.8. The Hall–Kier alpha value is 0.182. The Kier molecular flexibility index (Phi) is 11.3. The first-order chi connectivity index (χ1) is 9.29. The van der Waals surface area contributed by atoms with E-state index in [1.54, 1.807) is 12.1 Å². The van der Waals surface area contributed by atoms with Crippen molar-refractivity contribution in [2.24, 2.45) is 0 Å². The Morgan fingerprint density at radius 3 is 1.70 bits per heavy atom. The van der Waals surface area contributed by atoms with Crippen LogP contribution in [0.25, 0.3) is 0 Å². The molecule has 0 spiro atoms. The molecule has 0 aliphatic carbocycles. The topological polar surface area (TPSA) is 66.8 Å². The molecule has 2 N–H and O–H groups in total. The molecule has 8 heteroatoms. The normalized spacial score (nSPS) is 10.6. The van der Waals surface area contributed by atoms with Crippen molar-refractivity contribution in [3.63, 3.8) is 0 Å². The summed E-state index contributed by atoms with van der Waals surface area (Å²) in [5, 5.41) is 0. The molecule has 2 aromatic carbocycles. The van der Waals surface area contributed by atoms with E-state index >= 15 is 0 Å².